The average molecular weight is 271 g/mol. The maximum atomic E-state index is 11.6. The molecule has 7 heteroatoms. The van der Waals surface area contributed by atoms with Crippen LogP contribution in [0.15, 0.2) is 16.7 Å². The number of hydrogen-bond donors (Lipinski definition) is 2. The number of carbonyl (C=O) groups excluding carboxylic acids is 1. The zero-order chi connectivity index (χ0) is 14.1. The first-order chi connectivity index (χ1) is 9.15. The third-order valence-electron chi connectivity index (χ3n) is 2.25. The van der Waals surface area contributed by atoms with Crippen molar-refractivity contribution in [3.8, 4) is 0 Å². The molecule has 1 heterocycles. The van der Waals surface area contributed by atoms with E-state index in [0.717, 1.165) is 6.26 Å². The Balaban J connectivity index is 2.18. The Morgan fingerprint density at radius 2 is 2.16 bits per heavy atom. The number of amides is 1. The zero-order valence-corrected chi connectivity index (χ0v) is 10.7. The number of rotatable bonds is 9. The monoisotopic (exact) mass is 271 g/mol. The molecular weight excluding hydrogens is 254 g/mol. The lowest BCUT2D eigenvalue weighted by molar-refractivity contribution is 0.0686. The minimum Gasteiger partial charge on any atom is -0.478 e. The topological polar surface area (TPSA) is 98.0 Å². The molecule has 0 atom stereocenters. The molecule has 1 aromatic heterocycles. The van der Waals surface area contributed by atoms with Gasteiger partial charge in [0.15, 0.2) is 5.76 Å². The quantitative estimate of drug-likeness (QED) is 0.643. The molecule has 0 radical (unpaired) electrons. The first-order valence-corrected chi connectivity index (χ1v) is 5.82. The maximum Gasteiger partial charge on any atom is 0.338 e. The van der Waals surface area contributed by atoms with Crippen molar-refractivity contribution < 1.29 is 28.6 Å². The number of carbonyl (C=O) groups is 2. The molecule has 0 saturated carbocycles. The van der Waals surface area contributed by atoms with Crippen LogP contribution in [0.1, 0.15) is 27.3 Å². The van der Waals surface area contributed by atoms with Gasteiger partial charge in [0.1, 0.15) is 6.26 Å². The summed E-state index contributed by atoms with van der Waals surface area (Å²) in [7, 11) is 1.60. The zero-order valence-electron chi connectivity index (χ0n) is 10.7. The molecule has 1 aromatic rings. The molecule has 0 fully saturated rings. The second kappa shape index (κ2) is 8.28. The molecule has 1 amide bonds. The molecule has 2 N–H and O–H groups in total. The lowest BCUT2D eigenvalue weighted by atomic mass is 10.3. The van der Waals surface area contributed by atoms with Crippen LogP contribution in [0.4, 0.5) is 0 Å². The largest absolute Gasteiger partial charge is 0.478 e. The van der Waals surface area contributed by atoms with Crippen molar-refractivity contribution >= 4 is 11.9 Å². The summed E-state index contributed by atoms with van der Waals surface area (Å²) in [5.41, 5.74) is -0.0481. The number of ether oxygens (including phenoxy) is 2. The van der Waals surface area contributed by atoms with Crippen molar-refractivity contribution in [1.29, 1.82) is 0 Å². The lowest BCUT2D eigenvalue weighted by Crippen LogP contribution is -2.25. The minimum absolute atomic E-state index is 0.0160. The first kappa shape index (κ1) is 15.2. The van der Waals surface area contributed by atoms with E-state index < -0.39 is 11.9 Å². The van der Waals surface area contributed by atoms with Gasteiger partial charge in [-0.3, -0.25) is 4.79 Å². The summed E-state index contributed by atoms with van der Waals surface area (Å²) in [4.78, 5) is 22.2. The summed E-state index contributed by atoms with van der Waals surface area (Å²) in [6, 6.07) is 1.19. The van der Waals surface area contributed by atoms with Gasteiger partial charge in [-0.15, -0.1) is 0 Å². The van der Waals surface area contributed by atoms with E-state index in [2.05, 4.69) is 5.32 Å². The third kappa shape index (κ3) is 5.54. The highest BCUT2D eigenvalue weighted by Crippen LogP contribution is 2.07. The fourth-order valence-corrected chi connectivity index (χ4v) is 1.28. The van der Waals surface area contributed by atoms with Crippen LogP contribution in [-0.4, -0.2) is 50.5 Å². The highest BCUT2D eigenvalue weighted by Gasteiger charge is 2.13. The average Bonchev–Trinajstić information content (AvgIpc) is 2.87. The molecule has 106 valence electrons. The van der Waals surface area contributed by atoms with E-state index >= 15 is 0 Å². The van der Waals surface area contributed by atoms with E-state index in [-0.39, 0.29) is 11.3 Å². The van der Waals surface area contributed by atoms with Crippen LogP contribution in [0, 0.1) is 0 Å². The maximum absolute atomic E-state index is 11.6. The van der Waals surface area contributed by atoms with Gasteiger partial charge in [0, 0.05) is 26.3 Å². The van der Waals surface area contributed by atoms with Gasteiger partial charge >= 0.3 is 5.97 Å². The van der Waals surface area contributed by atoms with Crippen LogP contribution >= 0.6 is 0 Å². The van der Waals surface area contributed by atoms with Gasteiger partial charge in [-0.2, -0.15) is 0 Å². The van der Waals surface area contributed by atoms with Crippen molar-refractivity contribution in [2.45, 2.75) is 6.42 Å². The van der Waals surface area contributed by atoms with Gasteiger partial charge in [-0.05, 0) is 6.42 Å². The van der Waals surface area contributed by atoms with Crippen molar-refractivity contribution in [1.82, 2.24) is 5.32 Å². The molecular formula is C12H17NO6. The molecule has 0 saturated heterocycles. The van der Waals surface area contributed by atoms with Crippen LogP contribution in [0.2, 0.25) is 0 Å². The second-order valence-corrected chi connectivity index (χ2v) is 3.72. The number of carboxylic acids is 1. The second-order valence-electron chi connectivity index (χ2n) is 3.72. The Hall–Kier alpha value is -1.86. The number of hydrogen-bond acceptors (Lipinski definition) is 5. The SMILES string of the molecule is COCCOCCCNC(=O)c1cc(C(=O)O)co1. The summed E-state index contributed by atoms with van der Waals surface area (Å²) < 4.78 is 14.9. The van der Waals surface area contributed by atoms with Crippen LogP contribution in [0.5, 0.6) is 0 Å². The van der Waals surface area contributed by atoms with Crippen LogP contribution in [0.3, 0.4) is 0 Å². The third-order valence-corrected chi connectivity index (χ3v) is 2.25. The highest BCUT2D eigenvalue weighted by atomic mass is 16.5. The van der Waals surface area contributed by atoms with Gasteiger partial charge in [0.2, 0.25) is 0 Å². The Labute approximate surface area is 110 Å². The van der Waals surface area contributed by atoms with Crippen molar-refractivity contribution in [2.24, 2.45) is 0 Å². The van der Waals surface area contributed by atoms with E-state index in [1.807, 2.05) is 0 Å². The van der Waals surface area contributed by atoms with Crippen molar-refractivity contribution in [2.75, 3.05) is 33.5 Å². The van der Waals surface area contributed by atoms with Crippen LogP contribution < -0.4 is 5.32 Å². The summed E-state index contributed by atoms with van der Waals surface area (Å²) in [6.07, 6.45) is 1.69. The summed E-state index contributed by atoms with van der Waals surface area (Å²) >= 11 is 0. The molecule has 0 spiro atoms. The Morgan fingerprint density at radius 3 is 2.79 bits per heavy atom. The minimum atomic E-state index is -1.13. The molecule has 7 nitrogen and oxygen atoms in total. The Bertz CT molecular complexity index is 414. The van der Waals surface area contributed by atoms with E-state index in [1.54, 1.807) is 7.11 Å². The van der Waals surface area contributed by atoms with Gasteiger partial charge < -0.3 is 24.3 Å². The smallest absolute Gasteiger partial charge is 0.338 e. The van der Waals surface area contributed by atoms with Crippen LogP contribution in [0.25, 0.3) is 0 Å². The number of aromatic carboxylic acids is 1. The van der Waals surface area contributed by atoms with E-state index in [4.69, 9.17) is 19.0 Å². The molecule has 0 aliphatic carbocycles. The van der Waals surface area contributed by atoms with Gasteiger partial charge in [-0.1, -0.05) is 0 Å². The van der Waals surface area contributed by atoms with Gasteiger partial charge in [-0.25, -0.2) is 4.79 Å². The molecule has 0 aliphatic rings. The summed E-state index contributed by atoms with van der Waals surface area (Å²) in [5, 5.41) is 11.3. The van der Waals surface area contributed by atoms with E-state index in [1.165, 1.54) is 6.07 Å². The van der Waals surface area contributed by atoms with Gasteiger partial charge in [0.25, 0.3) is 5.91 Å². The molecule has 19 heavy (non-hydrogen) atoms. The van der Waals surface area contributed by atoms with E-state index in [9.17, 15) is 9.59 Å². The normalized spacial score (nSPS) is 10.4. The van der Waals surface area contributed by atoms with Crippen molar-refractivity contribution in [3.05, 3.63) is 23.7 Å². The molecule has 0 aliphatic heterocycles. The fraction of sp³-hybridized carbons (Fsp3) is 0.500. The van der Waals surface area contributed by atoms with Crippen molar-refractivity contribution in [3.63, 3.8) is 0 Å². The Kier molecular flexibility index (Phi) is 6.62. The summed E-state index contributed by atoms with van der Waals surface area (Å²) in [5.74, 6) is -1.59. The first-order valence-electron chi connectivity index (χ1n) is 5.82. The predicted molar refractivity (Wildman–Crippen MR) is 65.3 cm³/mol. The number of methoxy groups -OCH3 is 1. The fourth-order valence-electron chi connectivity index (χ4n) is 1.28. The number of furan rings is 1. The van der Waals surface area contributed by atoms with E-state index in [0.29, 0.717) is 32.8 Å². The Morgan fingerprint density at radius 1 is 1.37 bits per heavy atom. The van der Waals surface area contributed by atoms with Gasteiger partial charge in [0.05, 0.1) is 18.8 Å². The molecule has 1 rings (SSSR count). The molecule has 0 aromatic carbocycles. The number of nitrogens with one attached hydrogen (secondary N) is 1. The standard InChI is InChI=1S/C12H17NO6/c1-17-5-6-18-4-2-3-13-11(14)10-7-9(8-19-10)12(15)16/h7-8H,2-6H2,1H3,(H,13,14)(H,15,16). The summed E-state index contributed by atoms with van der Waals surface area (Å²) in [6.45, 7) is 2.00. The highest BCUT2D eigenvalue weighted by molar-refractivity contribution is 5.95. The van der Waals surface area contributed by atoms with Crippen LogP contribution in [-0.2, 0) is 9.47 Å². The predicted octanol–water partition coefficient (Wildman–Crippen LogP) is 0.761. The lowest BCUT2D eigenvalue weighted by Gasteiger charge is -2.04. The molecule has 0 unspecified atom stereocenters. The molecule has 0 bridgehead atoms. The number of carboxylic acid groups (broad SMARTS) is 1.